The largest absolute Gasteiger partial charge is 0.456 e. The first-order valence-corrected chi connectivity index (χ1v) is 11.7. The lowest BCUT2D eigenvalue weighted by atomic mass is 9.76. The lowest BCUT2D eigenvalue weighted by Gasteiger charge is -2.35. The first kappa shape index (κ1) is 27.5. The first-order valence-electron chi connectivity index (χ1n) is 11.7. The van der Waals surface area contributed by atoms with Crippen molar-refractivity contribution in [1.82, 2.24) is 0 Å². The zero-order valence-electron chi connectivity index (χ0n) is 20.4. The molecular formula is C26H40O7. The fraction of sp³-hybridized carbons (Fsp3) is 0.654. The van der Waals surface area contributed by atoms with Gasteiger partial charge in [0.2, 0.25) is 0 Å². The molecule has 1 aliphatic heterocycles. The number of carbonyl (C=O) groups excluding carboxylic acids is 1. The molecule has 2 rings (SSSR count). The molecule has 2 unspecified atom stereocenters. The van der Waals surface area contributed by atoms with E-state index < -0.39 is 41.9 Å². The summed E-state index contributed by atoms with van der Waals surface area (Å²) in [6, 6.07) is 7.47. The van der Waals surface area contributed by atoms with Crippen LogP contribution in [0.4, 0.5) is 0 Å². The first-order chi connectivity index (χ1) is 15.5. The van der Waals surface area contributed by atoms with Gasteiger partial charge in [0.25, 0.3) is 0 Å². The third-order valence-electron chi connectivity index (χ3n) is 6.75. The van der Waals surface area contributed by atoms with E-state index >= 15 is 0 Å². The van der Waals surface area contributed by atoms with Crippen LogP contribution >= 0.6 is 0 Å². The number of benzene rings is 1. The van der Waals surface area contributed by atoms with E-state index in [2.05, 4.69) is 0 Å². The number of allylic oxidation sites excluding steroid dienone is 1. The number of cyclic esters (lactones) is 1. The molecule has 1 aromatic rings. The summed E-state index contributed by atoms with van der Waals surface area (Å²) in [5.74, 6) is -0.841. The molecule has 6 atom stereocenters. The Morgan fingerprint density at radius 1 is 1.27 bits per heavy atom. The normalized spacial score (nSPS) is 30.3. The molecule has 186 valence electrons. The molecule has 33 heavy (non-hydrogen) atoms. The van der Waals surface area contributed by atoms with Crippen molar-refractivity contribution in [1.29, 1.82) is 0 Å². The van der Waals surface area contributed by atoms with Crippen LogP contribution in [0.2, 0.25) is 0 Å². The SMILES string of the molecule is CO[C@@H]1CC(/C(C)=C\C(C)CCO)OC(=O)[C@@H](O)[C@H](O)Cc2cccc(c2)C(C)(C)[C@@H](O)C1. The number of fused-ring (bicyclic) bond motifs is 2. The number of aliphatic hydroxyl groups is 4. The van der Waals surface area contributed by atoms with Crippen LogP contribution in [-0.4, -0.2) is 70.6 Å². The summed E-state index contributed by atoms with van der Waals surface area (Å²) in [5, 5.41) is 41.3. The van der Waals surface area contributed by atoms with Gasteiger partial charge >= 0.3 is 5.97 Å². The second-order valence-corrected chi connectivity index (χ2v) is 9.81. The molecule has 0 aromatic heterocycles. The van der Waals surface area contributed by atoms with Crippen LogP contribution in [0.15, 0.2) is 35.9 Å². The van der Waals surface area contributed by atoms with E-state index in [1.54, 1.807) is 7.11 Å². The highest BCUT2D eigenvalue weighted by Crippen LogP contribution is 2.32. The number of carbonyl (C=O) groups is 1. The smallest absolute Gasteiger partial charge is 0.338 e. The van der Waals surface area contributed by atoms with E-state index in [4.69, 9.17) is 9.47 Å². The number of methoxy groups -OCH3 is 1. The van der Waals surface area contributed by atoms with Gasteiger partial charge in [-0.25, -0.2) is 4.79 Å². The quantitative estimate of drug-likeness (QED) is 0.390. The van der Waals surface area contributed by atoms with E-state index in [1.807, 2.05) is 58.0 Å². The molecule has 0 fully saturated rings. The summed E-state index contributed by atoms with van der Waals surface area (Å²) in [5.41, 5.74) is 1.82. The van der Waals surface area contributed by atoms with Crippen LogP contribution < -0.4 is 0 Å². The lowest BCUT2D eigenvalue weighted by molar-refractivity contribution is -0.165. The Bertz CT molecular complexity index is 804. The number of aliphatic hydroxyl groups excluding tert-OH is 4. The molecule has 1 heterocycles. The van der Waals surface area contributed by atoms with Crippen molar-refractivity contribution >= 4 is 5.97 Å². The zero-order chi connectivity index (χ0) is 24.8. The van der Waals surface area contributed by atoms with Crippen LogP contribution in [0.3, 0.4) is 0 Å². The Hall–Kier alpha value is -1.77. The fourth-order valence-corrected chi connectivity index (χ4v) is 4.25. The molecule has 0 amide bonds. The van der Waals surface area contributed by atoms with Gasteiger partial charge in [-0.15, -0.1) is 0 Å². The maximum Gasteiger partial charge on any atom is 0.338 e. The minimum atomic E-state index is -1.69. The molecule has 0 aliphatic carbocycles. The topological polar surface area (TPSA) is 116 Å². The minimum absolute atomic E-state index is 0.0441. The number of ether oxygens (including phenoxy) is 2. The van der Waals surface area contributed by atoms with Crippen LogP contribution in [0.25, 0.3) is 0 Å². The van der Waals surface area contributed by atoms with Gasteiger partial charge in [0.1, 0.15) is 6.10 Å². The third-order valence-corrected chi connectivity index (χ3v) is 6.75. The second kappa shape index (κ2) is 12.1. The van der Waals surface area contributed by atoms with Crippen molar-refractivity contribution in [3.8, 4) is 0 Å². The highest BCUT2D eigenvalue weighted by atomic mass is 16.6. The van der Waals surface area contributed by atoms with Crippen molar-refractivity contribution in [2.24, 2.45) is 5.92 Å². The van der Waals surface area contributed by atoms with E-state index in [9.17, 15) is 25.2 Å². The average Bonchev–Trinajstić information content (AvgIpc) is 2.76. The monoisotopic (exact) mass is 464 g/mol. The summed E-state index contributed by atoms with van der Waals surface area (Å²) >= 11 is 0. The molecule has 2 bridgehead atoms. The molecule has 7 nitrogen and oxygen atoms in total. The Balaban J connectivity index is 2.44. The van der Waals surface area contributed by atoms with Gasteiger partial charge in [0.05, 0.1) is 18.3 Å². The summed E-state index contributed by atoms with van der Waals surface area (Å²) in [7, 11) is 1.55. The molecule has 0 spiro atoms. The van der Waals surface area contributed by atoms with E-state index in [0.717, 1.165) is 16.7 Å². The summed E-state index contributed by atoms with van der Waals surface area (Å²) in [4.78, 5) is 12.7. The number of hydrogen-bond donors (Lipinski definition) is 4. The number of rotatable bonds is 5. The van der Waals surface area contributed by atoms with Crippen LogP contribution in [0, 0.1) is 5.92 Å². The van der Waals surface area contributed by atoms with E-state index in [0.29, 0.717) is 12.8 Å². The summed E-state index contributed by atoms with van der Waals surface area (Å²) in [6.45, 7) is 7.74. The molecule has 7 heteroatoms. The average molecular weight is 465 g/mol. The minimum Gasteiger partial charge on any atom is -0.456 e. The number of esters is 1. The highest BCUT2D eigenvalue weighted by Gasteiger charge is 2.35. The van der Waals surface area contributed by atoms with Gasteiger partial charge < -0.3 is 29.9 Å². The van der Waals surface area contributed by atoms with E-state index in [-0.39, 0.29) is 25.4 Å². The van der Waals surface area contributed by atoms with Crippen molar-refractivity contribution in [3.63, 3.8) is 0 Å². The molecule has 1 aliphatic rings. The summed E-state index contributed by atoms with van der Waals surface area (Å²) < 4.78 is 11.3. The van der Waals surface area contributed by atoms with Gasteiger partial charge in [0.15, 0.2) is 6.10 Å². The van der Waals surface area contributed by atoms with E-state index in [1.165, 1.54) is 0 Å². The van der Waals surface area contributed by atoms with Crippen LogP contribution in [0.1, 0.15) is 58.1 Å². The molecule has 0 saturated carbocycles. The highest BCUT2D eigenvalue weighted by molar-refractivity contribution is 5.75. The van der Waals surface area contributed by atoms with Crippen molar-refractivity contribution in [2.45, 2.75) is 89.3 Å². The van der Waals surface area contributed by atoms with Gasteiger partial charge in [0, 0.05) is 38.4 Å². The molecule has 0 saturated heterocycles. The van der Waals surface area contributed by atoms with Gasteiger partial charge in [-0.3, -0.25) is 0 Å². The third kappa shape index (κ3) is 7.36. The Labute approximate surface area is 197 Å². The maximum atomic E-state index is 12.7. The Morgan fingerprint density at radius 3 is 2.61 bits per heavy atom. The molecule has 0 radical (unpaired) electrons. The summed E-state index contributed by atoms with van der Waals surface area (Å²) in [6.07, 6.45) is -1.70. The van der Waals surface area contributed by atoms with Crippen molar-refractivity contribution in [3.05, 3.63) is 47.0 Å². The standard InChI is InChI=1S/C26H40O7/c1-16(9-10-27)11-17(2)22-14-20(32-5)15-23(29)26(3,4)19-8-6-7-18(12-19)13-21(28)24(30)25(31)33-22/h6-8,11-12,16,20-24,27-30H,9-10,13-15H2,1-5H3/b17-11-/t16?,20-,21-,22?,23+,24+/m1/s1. The van der Waals surface area contributed by atoms with Crippen LogP contribution in [0.5, 0.6) is 0 Å². The maximum absolute atomic E-state index is 12.7. The van der Waals surface area contributed by atoms with Gasteiger partial charge in [-0.2, -0.15) is 0 Å². The number of hydrogen-bond acceptors (Lipinski definition) is 7. The van der Waals surface area contributed by atoms with Crippen molar-refractivity contribution in [2.75, 3.05) is 13.7 Å². The van der Waals surface area contributed by atoms with Crippen molar-refractivity contribution < 1.29 is 34.7 Å². The fourth-order valence-electron chi connectivity index (χ4n) is 4.25. The second-order valence-electron chi connectivity index (χ2n) is 9.81. The molecular weight excluding hydrogens is 424 g/mol. The predicted molar refractivity (Wildman–Crippen MR) is 126 cm³/mol. The van der Waals surface area contributed by atoms with Crippen LogP contribution in [-0.2, 0) is 26.1 Å². The Morgan fingerprint density at radius 2 is 1.97 bits per heavy atom. The zero-order valence-corrected chi connectivity index (χ0v) is 20.4. The Kier molecular flexibility index (Phi) is 10.1. The van der Waals surface area contributed by atoms with Gasteiger partial charge in [-0.1, -0.05) is 51.1 Å². The lowest BCUT2D eigenvalue weighted by Crippen LogP contribution is -2.41. The predicted octanol–water partition coefficient (Wildman–Crippen LogP) is 2.27. The molecule has 4 N–H and O–H groups in total. The molecule has 1 aromatic carbocycles. The van der Waals surface area contributed by atoms with Gasteiger partial charge in [-0.05, 0) is 36.0 Å².